The van der Waals surface area contributed by atoms with Crippen molar-refractivity contribution in [3.05, 3.63) is 64.2 Å². The van der Waals surface area contributed by atoms with Crippen LogP contribution < -0.4 is 10.6 Å². The van der Waals surface area contributed by atoms with Crippen molar-refractivity contribution in [2.45, 2.75) is 13.0 Å². The number of para-hydroxylation sites is 1. The van der Waals surface area contributed by atoms with Gasteiger partial charge in [-0.05, 0) is 25.1 Å². The quantitative estimate of drug-likeness (QED) is 0.367. The van der Waals surface area contributed by atoms with Crippen LogP contribution in [0.3, 0.4) is 0 Å². The SMILES string of the molecule is C[C@H](OC(=O)c1cc([N+](=O)[O-])ccc1NCCO)C(=O)Nc1ccccc1. The third kappa shape index (κ3) is 5.51. The second-order valence-electron chi connectivity index (χ2n) is 5.54. The smallest absolute Gasteiger partial charge is 0.341 e. The minimum atomic E-state index is -1.12. The van der Waals surface area contributed by atoms with E-state index in [0.29, 0.717) is 5.69 Å². The maximum atomic E-state index is 12.4. The molecule has 3 N–H and O–H groups in total. The fourth-order valence-corrected chi connectivity index (χ4v) is 2.20. The molecule has 0 saturated heterocycles. The van der Waals surface area contributed by atoms with Gasteiger partial charge in [0.25, 0.3) is 11.6 Å². The molecule has 2 aromatic rings. The molecule has 0 radical (unpaired) electrons. The van der Waals surface area contributed by atoms with E-state index in [2.05, 4.69) is 10.6 Å². The third-order valence-corrected chi connectivity index (χ3v) is 3.56. The normalized spacial score (nSPS) is 11.3. The number of aliphatic hydroxyl groups is 1. The van der Waals surface area contributed by atoms with E-state index in [4.69, 9.17) is 9.84 Å². The van der Waals surface area contributed by atoms with Gasteiger partial charge in [0.1, 0.15) is 0 Å². The molecule has 1 amide bonds. The molecule has 0 saturated carbocycles. The topological polar surface area (TPSA) is 131 Å². The maximum Gasteiger partial charge on any atom is 0.341 e. The number of nitrogens with one attached hydrogen (secondary N) is 2. The number of carbonyl (C=O) groups is 2. The minimum Gasteiger partial charge on any atom is -0.449 e. The second kappa shape index (κ2) is 9.30. The Kier molecular flexibility index (Phi) is 6.84. The van der Waals surface area contributed by atoms with Crippen LogP contribution in [-0.4, -0.2) is 41.2 Å². The molecule has 0 aromatic heterocycles. The van der Waals surface area contributed by atoms with Crippen LogP contribution in [0.2, 0.25) is 0 Å². The molecule has 2 aromatic carbocycles. The van der Waals surface area contributed by atoms with Crippen molar-refractivity contribution >= 4 is 28.9 Å². The first-order valence-corrected chi connectivity index (χ1v) is 8.12. The van der Waals surface area contributed by atoms with Gasteiger partial charge in [-0.15, -0.1) is 0 Å². The fraction of sp³-hybridized carbons (Fsp3) is 0.222. The van der Waals surface area contributed by atoms with E-state index in [1.807, 2.05) is 0 Å². The number of benzene rings is 2. The number of aliphatic hydroxyl groups excluding tert-OH is 1. The highest BCUT2D eigenvalue weighted by molar-refractivity contribution is 6.00. The Morgan fingerprint density at radius 1 is 1.22 bits per heavy atom. The van der Waals surface area contributed by atoms with Gasteiger partial charge in [-0.1, -0.05) is 18.2 Å². The number of hydrogen-bond donors (Lipinski definition) is 3. The summed E-state index contributed by atoms with van der Waals surface area (Å²) in [4.78, 5) is 34.9. The van der Waals surface area contributed by atoms with Crippen LogP contribution in [0.4, 0.5) is 17.1 Å². The van der Waals surface area contributed by atoms with Crippen LogP contribution in [0.15, 0.2) is 48.5 Å². The zero-order chi connectivity index (χ0) is 19.8. The Morgan fingerprint density at radius 3 is 2.56 bits per heavy atom. The highest BCUT2D eigenvalue weighted by Crippen LogP contribution is 2.23. The molecular weight excluding hydrogens is 354 g/mol. The molecule has 0 spiro atoms. The minimum absolute atomic E-state index is 0.1000. The first-order chi connectivity index (χ1) is 12.9. The van der Waals surface area contributed by atoms with Crippen LogP contribution in [-0.2, 0) is 9.53 Å². The summed E-state index contributed by atoms with van der Waals surface area (Å²) < 4.78 is 5.15. The van der Waals surface area contributed by atoms with Crippen LogP contribution in [0, 0.1) is 10.1 Å². The van der Waals surface area contributed by atoms with Crippen LogP contribution in [0.25, 0.3) is 0 Å². The Bertz CT molecular complexity index is 825. The van der Waals surface area contributed by atoms with Gasteiger partial charge >= 0.3 is 5.97 Å². The van der Waals surface area contributed by atoms with Crippen molar-refractivity contribution in [1.29, 1.82) is 0 Å². The number of amides is 1. The second-order valence-corrected chi connectivity index (χ2v) is 5.54. The van der Waals surface area contributed by atoms with Crippen LogP contribution in [0.1, 0.15) is 17.3 Å². The van der Waals surface area contributed by atoms with E-state index in [0.717, 1.165) is 6.07 Å². The summed E-state index contributed by atoms with van der Waals surface area (Å²) >= 11 is 0. The van der Waals surface area contributed by atoms with Crippen molar-refractivity contribution in [3.8, 4) is 0 Å². The summed E-state index contributed by atoms with van der Waals surface area (Å²) in [5, 5.41) is 25.3. The average molecular weight is 373 g/mol. The number of rotatable bonds is 8. The Balaban J connectivity index is 2.14. The molecule has 0 aliphatic rings. The van der Waals surface area contributed by atoms with Gasteiger partial charge in [0.05, 0.1) is 17.1 Å². The van der Waals surface area contributed by atoms with Gasteiger partial charge in [0.2, 0.25) is 0 Å². The van der Waals surface area contributed by atoms with Gasteiger partial charge in [-0.25, -0.2) is 4.79 Å². The first-order valence-electron chi connectivity index (χ1n) is 8.12. The predicted octanol–water partition coefficient (Wildman–Crippen LogP) is 2.18. The molecule has 0 aliphatic carbocycles. The summed E-state index contributed by atoms with van der Waals surface area (Å²) in [7, 11) is 0. The third-order valence-electron chi connectivity index (χ3n) is 3.56. The fourth-order valence-electron chi connectivity index (χ4n) is 2.20. The Morgan fingerprint density at radius 2 is 1.93 bits per heavy atom. The zero-order valence-electron chi connectivity index (χ0n) is 14.5. The summed E-state index contributed by atoms with van der Waals surface area (Å²) in [6.45, 7) is 1.35. The predicted molar refractivity (Wildman–Crippen MR) is 98.6 cm³/mol. The number of nitro benzene ring substituents is 1. The monoisotopic (exact) mass is 373 g/mol. The molecule has 0 aliphatic heterocycles. The molecular formula is C18H19N3O6. The standard InChI is InChI=1S/C18H19N3O6/c1-12(17(23)20-13-5-3-2-4-6-13)27-18(24)15-11-14(21(25)26)7-8-16(15)19-9-10-22/h2-8,11-12,19,22H,9-10H2,1H3,(H,20,23)/t12-/m0/s1. The highest BCUT2D eigenvalue weighted by Gasteiger charge is 2.23. The summed E-state index contributed by atoms with van der Waals surface area (Å²) in [6.07, 6.45) is -1.12. The van der Waals surface area contributed by atoms with E-state index in [1.54, 1.807) is 30.3 Å². The van der Waals surface area contributed by atoms with E-state index >= 15 is 0 Å². The van der Waals surface area contributed by atoms with Crippen LogP contribution >= 0.6 is 0 Å². The van der Waals surface area contributed by atoms with E-state index < -0.39 is 22.9 Å². The molecule has 9 heteroatoms. The lowest BCUT2D eigenvalue weighted by atomic mass is 10.1. The molecule has 27 heavy (non-hydrogen) atoms. The van der Waals surface area contributed by atoms with Crippen LogP contribution in [0.5, 0.6) is 0 Å². The molecule has 1 atom stereocenters. The van der Waals surface area contributed by atoms with Crippen molar-refractivity contribution in [3.63, 3.8) is 0 Å². The van der Waals surface area contributed by atoms with Gasteiger partial charge in [0, 0.05) is 30.1 Å². The molecule has 0 heterocycles. The molecule has 2 rings (SSSR count). The molecule has 0 bridgehead atoms. The van der Waals surface area contributed by atoms with Crippen molar-refractivity contribution < 1.29 is 24.4 Å². The lowest BCUT2D eigenvalue weighted by molar-refractivity contribution is -0.384. The summed E-state index contributed by atoms with van der Waals surface area (Å²) in [5.41, 5.74) is 0.413. The van der Waals surface area contributed by atoms with Gasteiger partial charge in [-0.2, -0.15) is 0 Å². The number of esters is 1. The number of carbonyl (C=O) groups excluding carboxylic acids is 2. The van der Waals surface area contributed by atoms with Crippen molar-refractivity contribution in [1.82, 2.24) is 0 Å². The van der Waals surface area contributed by atoms with Gasteiger partial charge in [-0.3, -0.25) is 14.9 Å². The summed E-state index contributed by atoms with van der Waals surface area (Å²) in [5.74, 6) is -1.43. The lowest BCUT2D eigenvalue weighted by Gasteiger charge is -2.15. The average Bonchev–Trinajstić information content (AvgIpc) is 2.66. The van der Waals surface area contributed by atoms with Crippen molar-refractivity contribution in [2.24, 2.45) is 0 Å². The van der Waals surface area contributed by atoms with Gasteiger partial charge < -0.3 is 20.5 Å². The largest absolute Gasteiger partial charge is 0.449 e. The number of ether oxygens (including phenoxy) is 1. The number of hydrogen-bond acceptors (Lipinski definition) is 7. The first kappa shape index (κ1) is 19.9. The van der Waals surface area contributed by atoms with E-state index in [1.165, 1.54) is 19.1 Å². The van der Waals surface area contributed by atoms with Gasteiger partial charge in [0.15, 0.2) is 6.10 Å². The number of nitrogens with zero attached hydrogens (tertiary/aromatic N) is 1. The molecule has 0 fully saturated rings. The zero-order valence-corrected chi connectivity index (χ0v) is 14.5. The van der Waals surface area contributed by atoms with E-state index in [-0.39, 0.29) is 30.1 Å². The molecule has 0 unspecified atom stereocenters. The number of non-ortho nitro benzene ring substituents is 1. The van der Waals surface area contributed by atoms with Crippen molar-refractivity contribution in [2.75, 3.05) is 23.8 Å². The Hall–Kier alpha value is -3.46. The van der Waals surface area contributed by atoms with E-state index in [9.17, 15) is 19.7 Å². The maximum absolute atomic E-state index is 12.4. The Labute approximate surface area is 155 Å². The number of anilines is 2. The molecule has 142 valence electrons. The number of nitro groups is 1. The lowest BCUT2D eigenvalue weighted by Crippen LogP contribution is -2.30. The highest BCUT2D eigenvalue weighted by atomic mass is 16.6. The molecule has 9 nitrogen and oxygen atoms in total. The summed E-state index contributed by atoms with van der Waals surface area (Å²) in [6, 6.07) is 12.3.